The molecule has 2 aliphatic heterocycles. The third-order valence-corrected chi connectivity index (χ3v) is 4.19. The number of halogens is 1. The van der Waals surface area contributed by atoms with Crippen molar-refractivity contribution >= 4 is 23.7 Å². The molecular formula is C12H14ClN3O2. The number of aliphatic hydroxyl groups is 1. The molecule has 2 atom stereocenters. The number of aliphatic hydroxyl groups excluding tert-OH is 1. The molecule has 0 aromatic carbocycles. The Morgan fingerprint density at radius 1 is 1.33 bits per heavy atom. The predicted molar refractivity (Wildman–Crippen MR) is 67.0 cm³/mol. The van der Waals surface area contributed by atoms with Crippen LogP contribution in [0, 0.1) is 0 Å². The van der Waals surface area contributed by atoms with Gasteiger partial charge in [-0.2, -0.15) is 0 Å². The molecule has 5 nitrogen and oxygen atoms in total. The van der Waals surface area contributed by atoms with E-state index in [1.807, 2.05) is 0 Å². The second-order valence-electron chi connectivity index (χ2n) is 4.94. The van der Waals surface area contributed by atoms with Gasteiger partial charge in [0.1, 0.15) is 17.3 Å². The lowest BCUT2D eigenvalue weighted by molar-refractivity contribution is 0.112. The zero-order valence-electron chi connectivity index (χ0n) is 9.79. The van der Waals surface area contributed by atoms with E-state index in [1.54, 1.807) is 0 Å². The first-order chi connectivity index (χ1) is 8.70. The predicted octanol–water partition coefficient (Wildman–Crippen LogP) is 1.43. The average Bonchev–Trinajstić information content (AvgIpc) is 2.61. The number of aldehydes is 1. The Balaban J connectivity index is 2.01. The minimum Gasteiger partial charge on any atom is -0.393 e. The van der Waals surface area contributed by atoms with Crippen molar-refractivity contribution in [2.24, 2.45) is 0 Å². The molecule has 0 spiro atoms. The van der Waals surface area contributed by atoms with Crippen molar-refractivity contribution in [2.45, 2.75) is 43.9 Å². The van der Waals surface area contributed by atoms with Crippen LogP contribution in [0.5, 0.6) is 0 Å². The lowest BCUT2D eigenvalue weighted by Crippen LogP contribution is -2.45. The molecule has 1 aromatic heterocycles. The monoisotopic (exact) mass is 267 g/mol. The van der Waals surface area contributed by atoms with Crippen molar-refractivity contribution in [1.29, 1.82) is 0 Å². The summed E-state index contributed by atoms with van der Waals surface area (Å²) in [6.07, 6.45) is 5.38. The normalized spacial score (nSPS) is 30.6. The van der Waals surface area contributed by atoms with Crippen LogP contribution in [0.15, 0.2) is 6.33 Å². The molecule has 3 rings (SSSR count). The van der Waals surface area contributed by atoms with Crippen LogP contribution in [0.4, 0.5) is 5.82 Å². The van der Waals surface area contributed by atoms with E-state index >= 15 is 0 Å². The number of fused-ring (bicyclic) bond motifs is 2. The molecule has 3 heterocycles. The van der Waals surface area contributed by atoms with E-state index in [1.165, 1.54) is 6.33 Å². The summed E-state index contributed by atoms with van der Waals surface area (Å²) in [5.74, 6) is 0.615. The van der Waals surface area contributed by atoms with E-state index in [4.69, 9.17) is 11.6 Å². The molecule has 2 aliphatic rings. The molecule has 0 amide bonds. The van der Waals surface area contributed by atoms with Crippen LogP contribution in [-0.2, 0) is 0 Å². The SMILES string of the molecule is O=Cc1c(Cl)ncnc1N1C2CCC1CC(O)C2. The van der Waals surface area contributed by atoms with E-state index in [2.05, 4.69) is 14.9 Å². The molecule has 6 heteroatoms. The topological polar surface area (TPSA) is 66.3 Å². The van der Waals surface area contributed by atoms with Crippen LogP contribution in [0.1, 0.15) is 36.0 Å². The Hall–Kier alpha value is -1.20. The zero-order chi connectivity index (χ0) is 12.7. The Kier molecular flexibility index (Phi) is 2.95. The number of carbonyl (C=O) groups excluding carboxylic acids is 1. The smallest absolute Gasteiger partial charge is 0.156 e. The number of hydrogen-bond donors (Lipinski definition) is 1. The van der Waals surface area contributed by atoms with Crippen LogP contribution >= 0.6 is 11.6 Å². The zero-order valence-corrected chi connectivity index (χ0v) is 10.5. The van der Waals surface area contributed by atoms with Crippen LogP contribution in [0.25, 0.3) is 0 Å². The van der Waals surface area contributed by atoms with Gasteiger partial charge in [0.05, 0.1) is 11.7 Å². The first-order valence-corrected chi connectivity index (χ1v) is 6.50. The Bertz CT molecular complexity index is 468. The fourth-order valence-electron chi connectivity index (χ4n) is 3.17. The molecule has 2 unspecified atom stereocenters. The van der Waals surface area contributed by atoms with Crippen LogP contribution in [-0.4, -0.2) is 39.5 Å². The van der Waals surface area contributed by atoms with E-state index < -0.39 is 0 Å². The molecule has 18 heavy (non-hydrogen) atoms. The Morgan fingerprint density at radius 2 is 2.00 bits per heavy atom. The molecule has 2 bridgehead atoms. The van der Waals surface area contributed by atoms with Crippen molar-refractivity contribution in [3.05, 3.63) is 17.0 Å². The molecule has 2 saturated heterocycles. The number of aromatic nitrogens is 2. The Morgan fingerprint density at radius 3 is 2.61 bits per heavy atom. The summed E-state index contributed by atoms with van der Waals surface area (Å²) in [4.78, 5) is 21.3. The highest BCUT2D eigenvalue weighted by molar-refractivity contribution is 6.32. The van der Waals surface area contributed by atoms with Crippen molar-refractivity contribution in [3.8, 4) is 0 Å². The van der Waals surface area contributed by atoms with Gasteiger partial charge >= 0.3 is 0 Å². The highest BCUT2D eigenvalue weighted by Gasteiger charge is 2.41. The quantitative estimate of drug-likeness (QED) is 0.649. The van der Waals surface area contributed by atoms with Gasteiger partial charge in [0.2, 0.25) is 0 Å². The minimum absolute atomic E-state index is 0.195. The van der Waals surface area contributed by atoms with Gasteiger partial charge in [-0.3, -0.25) is 4.79 Å². The maximum atomic E-state index is 11.1. The molecule has 96 valence electrons. The van der Waals surface area contributed by atoms with Crippen molar-refractivity contribution in [3.63, 3.8) is 0 Å². The van der Waals surface area contributed by atoms with Crippen molar-refractivity contribution in [2.75, 3.05) is 4.90 Å². The first-order valence-electron chi connectivity index (χ1n) is 6.12. The van der Waals surface area contributed by atoms with E-state index in [0.29, 0.717) is 17.7 Å². The highest BCUT2D eigenvalue weighted by atomic mass is 35.5. The standard InChI is InChI=1S/C12H14ClN3O2/c13-11-10(5-17)12(15-6-14-11)16-7-1-2-8(16)4-9(18)3-7/h5-9,18H,1-4H2. The number of rotatable bonds is 2. The number of anilines is 1. The van der Waals surface area contributed by atoms with Gasteiger partial charge < -0.3 is 10.0 Å². The summed E-state index contributed by atoms with van der Waals surface area (Å²) >= 11 is 5.93. The van der Waals surface area contributed by atoms with Crippen LogP contribution < -0.4 is 4.90 Å². The second-order valence-corrected chi connectivity index (χ2v) is 5.30. The van der Waals surface area contributed by atoms with E-state index in [9.17, 15) is 9.90 Å². The van der Waals surface area contributed by atoms with Gasteiger partial charge in [-0.25, -0.2) is 9.97 Å². The highest BCUT2D eigenvalue weighted by Crippen LogP contribution is 2.40. The van der Waals surface area contributed by atoms with Gasteiger partial charge in [0.25, 0.3) is 0 Å². The van der Waals surface area contributed by atoms with Gasteiger partial charge in [-0.05, 0) is 25.7 Å². The number of nitrogens with zero attached hydrogens (tertiary/aromatic N) is 3. The maximum Gasteiger partial charge on any atom is 0.156 e. The average molecular weight is 268 g/mol. The molecule has 0 saturated carbocycles. The first kappa shape index (κ1) is 11.9. The summed E-state index contributed by atoms with van der Waals surface area (Å²) < 4.78 is 0. The summed E-state index contributed by atoms with van der Waals surface area (Å²) in [5.41, 5.74) is 0.354. The molecule has 1 aromatic rings. The largest absolute Gasteiger partial charge is 0.393 e. The summed E-state index contributed by atoms with van der Waals surface area (Å²) in [6.45, 7) is 0. The lowest BCUT2D eigenvalue weighted by atomic mass is 9.99. The van der Waals surface area contributed by atoms with Crippen LogP contribution in [0.2, 0.25) is 5.15 Å². The maximum absolute atomic E-state index is 11.1. The van der Waals surface area contributed by atoms with Crippen molar-refractivity contribution in [1.82, 2.24) is 9.97 Å². The molecular weight excluding hydrogens is 254 g/mol. The number of piperidine rings is 1. The van der Waals surface area contributed by atoms with Gasteiger partial charge in [0, 0.05) is 12.1 Å². The van der Waals surface area contributed by atoms with Gasteiger partial charge in [-0.15, -0.1) is 0 Å². The third-order valence-electron chi connectivity index (χ3n) is 3.88. The number of carbonyl (C=O) groups is 1. The van der Waals surface area contributed by atoms with Gasteiger partial charge in [0.15, 0.2) is 6.29 Å². The summed E-state index contributed by atoms with van der Waals surface area (Å²) in [6, 6.07) is 0.506. The van der Waals surface area contributed by atoms with Crippen molar-refractivity contribution < 1.29 is 9.90 Å². The third kappa shape index (κ3) is 1.78. The lowest BCUT2D eigenvalue weighted by Gasteiger charge is -2.38. The number of hydrogen-bond acceptors (Lipinski definition) is 5. The van der Waals surface area contributed by atoms with Crippen LogP contribution in [0.3, 0.4) is 0 Å². The molecule has 0 aliphatic carbocycles. The molecule has 1 N–H and O–H groups in total. The molecule has 0 radical (unpaired) electrons. The fraction of sp³-hybridized carbons (Fsp3) is 0.583. The molecule has 2 fully saturated rings. The fourth-order valence-corrected chi connectivity index (χ4v) is 3.34. The Labute approximate surface area is 110 Å². The van der Waals surface area contributed by atoms with E-state index in [-0.39, 0.29) is 23.3 Å². The second kappa shape index (κ2) is 4.48. The minimum atomic E-state index is -0.240. The van der Waals surface area contributed by atoms with Gasteiger partial charge in [-0.1, -0.05) is 11.6 Å². The van der Waals surface area contributed by atoms with E-state index in [0.717, 1.165) is 25.7 Å². The summed E-state index contributed by atoms with van der Waals surface area (Å²) in [5, 5.41) is 9.98. The summed E-state index contributed by atoms with van der Waals surface area (Å²) in [7, 11) is 0.